The number of hydrogen-bond acceptors (Lipinski definition) is 4. The summed E-state index contributed by atoms with van der Waals surface area (Å²) in [5.41, 5.74) is 3.86. The van der Waals surface area contributed by atoms with Crippen LogP contribution in [0.1, 0.15) is 22.3 Å². The molecule has 0 amide bonds. The summed E-state index contributed by atoms with van der Waals surface area (Å²) in [6.45, 7) is 8.40. The van der Waals surface area contributed by atoms with Gasteiger partial charge in [-0.15, -0.1) is 0 Å². The van der Waals surface area contributed by atoms with Crippen LogP contribution in [0.25, 0.3) is 11.1 Å². The van der Waals surface area contributed by atoms with E-state index in [9.17, 15) is 4.79 Å². The Balaban J connectivity index is 1.60. The van der Waals surface area contributed by atoms with E-state index in [2.05, 4.69) is 16.8 Å². The maximum absolute atomic E-state index is 11.3. The van der Waals surface area contributed by atoms with Crippen molar-refractivity contribution in [2.24, 2.45) is 0 Å². The maximum Gasteiger partial charge on any atom is 0.150 e. The van der Waals surface area contributed by atoms with Gasteiger partial charge in [0.2, 0.25) is 0 Å². The Morgan fingerprint density at radius 3 is 2.67 bits per heavy atom. The molecule has 1 fully saturated rings. The lowest BCUT2D eigenvalue weighted by molar-refractivity contribution is 0.112. The Kier molecular flexibility index (Phi) is 5.48. The first kappa shape index (κ1) is 16.9. The topological polar surface area (TPSA) is 32.8 Å². The molecule has 3 aliphatic rings. The Morgan fingerprint density at radius 1 is 1.17 bits per heavy atom. The van der Waals surface area contributed by atoms with E-state index in [4.69, 9.17) is 4.74 Å². The Labute approximate surface area is 144 Å². The molecule has 0 bridgehead atoms. The first-order valence-electron chi connectivity index (χ1n) is 8.70. The number of nitrogens with zero attached hydrogens (tertiary/aromatic N) is 2. The van der Waals surface area contributed by atoms with Crippen molar-refractivity contribution in [3.05, 3.63) is 41.5 Å². The molecule has 1 aliphatic heterocycles. The van der Waals surface area contributed by atoms with Crippen LogP contribution in [0.15, 0.2) is 30.3 Å². The van der Waals surface area contributed by atoms with Crippen LogP contribution in [0.4, 0.5) is 0 Å². The second-order valence-corrected chi connectivity index (χ2v) is 6.62. The fourth-order valence-electron chi connectivity index (χ4n) is 3.38. The molecule has 4 heteroatoms. The monoisotopic (exact) mass is 326 g/mol. The van der Waals surface area contributed by atoms with Crippen molar-refractivity contribution in [2.45, 2.75) is 13.3 Å². The molecule has 2 aliphatic carbocycles. The standard InChI is InChI=1S/C20H26N2O2/c1-16-14-17(15-23)18-6-3-4-7-19(20(16)18)24-13-5-8-22-11-9-21(2)10-12-22/h3-4,6-7,14-15H,5,8-13H2,1-2H3. The van der Waals surface area contributed by atoms with Crippen LogP contribution in [0.5, 0.6) is 5.75 Å². The largest absolute Gasteiger partial charge is 0.493 e. The molecule has 4 nitrogen and oxygen atoms in total. The van der Waals surface area contributed by atoms with E-state index in [-0.39, 0.29) is 0 Å². The smallest absolute Gasteiger partial charge is 0.150 e. The molecule has 0 saturated carbocycles. The van der Waals surface area contributed by atoms with E-state index in [1.807, 2.05) is 37.3 Å². The molecule has 128 valence electrons. The van der Waals surface area contributed by atoms with Crippen LogP contribution in [-0.2, 0) is 0 Å². The van der Waals surface area contributed by atoms with Crippen molar-refractivity contribution in [3.63, 3.8) is 0 Å². The summed E-state index contributed by atoms with van der Waals surface area (Å²) in [5, 5.41) is 0. The summed E-state index contributed by atoms with van der Waals surface area (Å²) in [4.78, 5) is 16.1. The highest BCUT2D eigenvalue weighted by molar-refractivity contribution is 5.93. The predicted molar refractivity (Wildman–Crippen MR) is 97.2 cm³/mol. The van der Waals surface area contributed by atoms with Crippen LogP contribution in [0, 0.1) is 6.92 Å². The first-order valence-corrected chi connectivity index (χ1v) is 8.70. The van der Waals surface area contributed by atoms with Gasteiger partial charge in [-0.05, 0) is 43.7 Å². The molecule has 0 radical (unpaired) electrons. The highest BCUT2D eigenvalue weighted by Gasteiger charge is 2.17. The Bertz CT molecular complexity index is 663. The molecule has 0 aromatic rings. The van der Waals surface area contributed by atoms with E-state index >= 15 is 0 Å². The molecule has 0 N–H and O–H groups in total. The van der Waals surface area contributed by atoms with Gasteiger partial charge >= 0.3 is 0 Å². The average molecular weight is 326 g/mol. The van der Waals surface area contributed by atoms with E-state index in [1.165, 1.54) is 0 Å². The number of carbonyl (C=O) groups excluding carboxylic acids is 1. The van der Waals surface area contributed by atoms with Gasteiger partial charge in [-0.1, -0.05) is 18.2 Å². The summed E-state index contributed by atoms with van der Waals surface area (Å²) >= 11 is 0. The van der Waals surface area contributed by atoms with Crippen molar-refractivity contribution in [3.8, 4) is 16.9 Å². The zero-order valence-electron chi connectivity index (χ0n) is 14.6. The van der Waals surface area contributed by atoms with Gasteiger partial charge in [0, 0.05) is 43.9 Å². The normalized spacial score (nSPS) is 16.4. The van der Waals surface area contributed by atoms with Crippen molar-refractivity contribution < 1.29 is 9.53 Å². The lowest BCUT2D eigenvalue weighted by Gasteiger charge is -2.32. The van der Waals surface area contributed by atoms with Crippen LogP contribution < -0.4 is 4.74 Å². The highest BCUT2D eigenvalue weighted by Crippen LogP contribution is 2.37. The van der Waals surface area contributed by atoms with E-state index in [1.54, 1.807) is 0 Å². The van der Waals surface area contributed by atoms with Crippen LogP contribution in [0.2, 0.25) is 0 Å². The Morgan fingerprint density at radius 2 is 1.92 bits per heavy atom. The minimum Gasteiger partial charge on any atom is -0.493 e. The number of rotatable bonds is 6. The van der Waals surface area contributed by atoms with Crippen molar-refractivity contribution in [1.29, 1.82) is 0 Å². The van der Waals surface area contributed by atoms with Gasteiger partial charge in [0.15, 0.2) is 6.29 Å². The van der Waals surface area contributed by atoms with Gasteiger partial charge < -0.3 is 14.5 Å². The SMILES string of the molecule is Cc1cc(C=O)c2ccccc(OCCCN3CCN(C)CC3)c1-2. The second kappa shape index (κ2) is 7.77. The second-order valence-electron chi connectivity index (χ2n) is 6.62. The predicted octanol–water partition coefficient (Wildman–Crippen LogP) is 2.93. The number of piperazine rings is 1. The zero-order valence-corrected chi connectivity index (χ0v) is 14.6. The highest BCUT2D eigenvalue weighted by atomic mass is 16.5. The van der Waals surface area contributed by atoms with Gasteiger partial charge in [-0.2, -0.15) is 0 Å². The van der Waals surface area contributed by atoms with Crippen molar-refractivity contribution in [2.75, 3.05) is 46.4 Å². The number of likely N-dealkylation sites (N-methyl/N-ethyl adjacent to an activating group) is 1. The maximum atomic E-state index is 11.3. The van der Waals surface area contributed by atoms with E-state index < -0.39 is 0 Å². The molecule has 0 aromatic heterocycles. The number of hydrogen-bond donors (Lipinski definition) is 0. The minimum absolute atomic E-state index is 0.701. The molecule has 0 unspecified atom stereocenters. The first-order chi connectivity index (χ1) is 11.7. The molecule has 1 saturated heterocycles. The lowest BCUT2D eigenvalue weighted by atomic mass is 10.1. The summed E-state index contributed by atoms with van der Waals surface area (Å²) in [7, 11) is 2.18. The quantitative estimate of drug-likeness (QED) is 0.604. The molecule has 0 aromatic carbocycles. The van der Waals surface area contributed by atoms with Crippen LogP contribution in [0.3, 0.4) is 0 Å². The van der Waals surface area contributed by atoms with E-state index in [0.717, 1.165) is 73.4 Å². The van der Waals surface area contributed by atoms with Crippen LogP contribution >= 0.6 is 0 Å². The Hall–Kier alpha value is -1.91. The number of ether oxygens (including phenoxy) is 1. The summed E-state index contributed by atoms with van der Waals surface area (Å²) in [6, 6.07) is 9.87. The molecular weight excluding hydrogens is 300 g/mol. The van der Waals surface area contributed by atoms with Crippen molar-refractivity contribution in [1.82, 2.24) is 9.80 Å². The minimum atomic E-state index is 0.701. The third-order valence-corrected chi connectivity index (χ3v) is 4.81. The van der Waals surface area contributed by atoms with Gasteiger partial charge in [-0.3, -0.25) is 4.79 Å². The third kappa shape index (κ3) is 3.77. The number of carbonyl (C=O) groups is 1. The van der Waals surface area contributed by atoms with Crippen LogP contribution in [-0.4, -0.2) is 62.5 Å². The number of aldehydes is 1. The lowest BCUT2D eigenvalue weighted by Crippen LogP contribution is -2.44. The fraction of sp³-hybridized carbons (Fsp3) is 0.450. The molecule has 1 heterocycles. The summed E-state index contributed by atoms with van der Waals surface area (Å²) < 4.78 is 6.08. The van der Waals surface area contributed by atoms with Crippen molar-refractivity contribution >= 4 is 6.29 Å². The molecule has 0 spiro atoms. The molecular formula is C20H26N2O2. The molecule has 24 heavy (non-hydrogen) atoms. The van der Waals surface area contributed by atoms with Gasteiger partial charge in [0.05, 0.1) is 6.61 Å². The number of aryl methyl sites for hydroxylation is 1. The van der Waals surface area contributed by atoms with E-state index in [0.29, 0.717) is 6.61 Å². The van der Waals surface area contributed by atoms with Gasteiger partial charge in [-0.25, -0.2) is 0 Å². The number of fused-ring (bicyclic) bond motifs is 1. The summed E-state index contributed by atoms with van der Waals surface area (Å²) in [6.07, 6.45) is 1.94. The molecule has 0 atom stereocenters. The summed E-state index contributed by atoms with van der Waals surface area (Å²) in [5.74, 6) is 0.874. The average Bonchev–Trinajstić information content (AvgIpc) is 2.77. The fourth-order valence-corrected chi connectivity index (χ4v) is 3.38. The van der Waals surface area contributed by atoms with Gasteiger partial charge in [0.25, 0.3) is 0 Å². The third-order valence-electron chi connectivity index (χ3n) is 4.81. The molecule has 3 rings (SSSR count). The van der Waals surface area contributed by atoms with Gasteiger partial charge in [0.1, 0.15) is 5.75 Å². The zero-order chi connectivity index (χ0) is 16.9.